The molecule has 2 rings (SSSR count). The first-order chi connectivity index (χ1) is 9.22. The Hall–Kier alpha value is -0.337. The molecule has 21 heavy (non-hydrogen) atoms. The molecule has 0 atom stereocenters. The van der Waals surface area contributed by atoms with Crippen LogP contribution in [0.15, 0.2) is 12.4 Å². The van der Waals surface area contributed by atoms with E-state index in [9.17, 15) is 0 Å². The summed E-state index contributed by atoms with van der Waals surface area (Å²) in [5.41, 5.74) is 4.19. The molecule has 0 saturated carbocycles. The SMILES string of the molecule is Cc1cn(C(=S)[S-])nc1C.Cc1cn(C(=S)[S-])nc1C.[Zn+2]. The van der Waals surface area contributed by atoms with E-state index in [0.29, 0.717) is 8.64 Å². The van der Waals surface area contributed by atoms with E-state index in [1.54, 1.807) is 0 Å². The van der Waals surface area contributed by atoms with Crippen LogP contribution >= 0.6 is 24.4 Å². The minimum absolute atomic E-state index is 0. The fraction of sp³-hybridized carbons (Fsp3) is 0.333. The van der Waals surface area contributed by atoms with Gasteiger partial charge in [-0.25, -0.2) is 0 Å². The Morgan fingerprint density at radius 3 is 1.24 bits per heavy atom. The standard InChI is InChI=1S/2C6H8N2S2.Zn/c2*1-4-3-8(6(9)10)7-5(4)2;/h2*3H,1-2H3,(H,9,10);/q;;+2/p-2. The van der Waals surface area contributed by atoms with Crippen LogP contribution in [0.2, 0.25) is 0 Å². The van der Waals surface area contributed by atoms with Gasteiger partial charge in [-0.2, -0.15) is 10.2 Å². The Morgan fingerprint density at radius 1 is 0.857 bits per heavy atom. The molecule has 0 amide bonds. The predicted molar refractivity (Wildman–Crippen MR) is 94.1 cm³/mol. The van der Waals surface area contributed by atoms with Crippen molar-refractivity contribution in [3.63, 3.8) is 0 Å². The van der Waals surface area contributed by atoms with Crippen molar-refractivity contribution in [1.82, 2.24) is 19.6 Å². The fourth-order valence-corrected chi connectivity index (χ4v) is 1.65. The molecule has 4 nitrogen and oxygen atoms in total. The largest absolute Gasteiger partial charge is 2.00 e. The van der Waals surface area contributed by atoms with Crippen LogP contribution < -0.4 is 0 Å². The molecule has 0 bridgehead atoms. The van der Waals surface area contributed by atoms with E-state index in [1.807, 2.05) is 40.1 Å². The van der Waals surface area contributed by atoms with Gasteiger partial charge in [0.2, 0.25) is 0 Å². The summed E-state index contributed by atoms with van der Waals surface area (Å²) in [5, 5.41) is 8.16. The van der Waals surface area contributed by atoms with Crippen LogP contribution in [-0.2, 0) is 44.7 Å². The Balaban J connectivity index is 0.000000364. The van der Waals surface area contributed by atoms with Crippen LogP contribution in [0.5, 0.6) is 0 Å². The molecule has 0 aromatic carbocycles. The third-order valence-corrected chi connectivity index (χ3v) is 3.41. The minimum atomic E-state index is 0. The van der Waals surface area contributed by atoms with Gasteiger partial charge in [-0.05, 0) is 47.5 Å². The van der Waals surface area contributed by atoms with Gasteiger partial charge < -0.3 is 49.7 Å². The Kier molecular flexibility index (Phi) is 8.81. The molecule has 0 N–H and O–H groups in total. The van der Waals surface area contributed by atoms with Crippen molar-refractivity contribution < 1.29 is 19.5 Å². The number of hydrogen-bond acceptors (Lipinski definition) is 6. The summed E-state index contributed by atoms with van der Waals surface area (Å²) in [7, 11) is 0. The molecule has 0 aliphatic rings. The van der Waals surface area contributed by atoms with Crippen molar-refractivity contribution in [3.05, 3.63) is 34.9 Å². The normalized spacial score (nSPS) is 9.33. The average molecular weight is 408 g/mol. The molecule has 2 aromatic heterocycles. The van der Waals surface area contributed by atoms with Crippen molar-refractivity contribution in [2.24, 2.45) is 0 Å². The second-order valence-corrected chi connectivity index (χ2v) is 6.28. The van der Waals surface area contributed by atoms with Gasteiger partial charge in [0.05, 0.1) is 11.4 Å². The minimum Gasteiger partial charge on any atom is -0.409 e. The molecule has 0 radical (unpaired) electrons. The van der Waals surface area contributed by atoms with Crippen molar-refractivity contribution in [2.75, 3.05) is 0 Å². The molecule has 108 valence electrons. The maximum absolute atomic E-state index is 4.75. The summed E-state index contributed by atoms with van der Waals surface area (Å²) in [5.74, 6) is 0. The van der Waals surface area contributed by atoms with E-state index in [0.717, 1.165) is 22.5 Å². The number of rotatable bonds is 0. The van der Waals surface area contributed by atoms with Gasteiger partial charge in [0.25, 0.3) is 0 Å². The third-order valence-electron chi connectivity index (χ3n) is 2.66. The Bertz CT molecular complexity index is 552. The molecular weight excluding hydrogens is 394 g/mol. The molecule has 9 heteroatoms. The molecule has 2 aromatic rings. The predicted octanol–water partition coefficient (Wildman–Crippen LogP) is 2.36. The van der Waals surface area contributed by atoms with E-state index in [2.05, 4.69) is 10.2 Å². The molecule has 2 heterocycles. The van der Waals surface area contributed by atoms with Gasteiger partial charge in [-0.3, -0.25) is 9.36 Å². The number of aryl methyl sites for hydroxylation is 4. The Labute approximate surface area is 159 Å². The third kappa shape index (κ3) is 6.12. The molecular formula is C12H14N4S4Zn. The van der Waals surface area contributed by atoms with Crippen molar-refractivity contribution in [2.45, 2.75) is 27.7 Å². The summed E-state index contributed by atoms with van der Waals surface area (Å²) >= 11 is 19.0. The molecule has 0 saturated heterocycles. The summed E-state index contributed by atoms with van der Waals surface area (Å²) < 4.78 is 3.82. The fourth-order valence-electron chi connectivity index (χ4n) is 1.28. The van der Waals surface area contributed by atoms with Gasteiger partial charge in [0.1, 0.15) is 0 Å². The van der Waals surface area contributed by atoms with Gasteiger partial charge in [-0.15, -0.1) is 0 Å². The van der Waals surface area contributed by atoms with Gasteiger partial charge in [-0.1, -0.05) is 0 Å². The number of hydrogen-bond donors (Lipinski definition) is 0. The van der Waals surface area contributed by atoms with Crippen LogP contribution in [-0.4, -0.2) is 28.2 Å². The second kappa shape index (κ2) is 8.95. The average Bonchev–Trinajstić information content (AvgIpc) is 2.85. The molecule has 0 unspecified atom stereocenters. The van der Waals surface area contributed by atoms with Gasteiger partial charge in [0, 0.05) is 12.4 Å². The van der Waals surface area contributed by atoms with Crippen LogP contribution in [0, 0.1) is 27.7 Å². The van der Waals surface area contributed by atoms with E-state index in [-0.39, 0.29) is 19.5 Å². The maximum Gasteiger partial charge on any atom is 2.00 e. The van der Waals surface area contributed by atoms with Crippen LogP contribution in [0.3, 0.4) is 0 Å². The van der Waals surface area contributed by atoms with Crippen molar-refractivity contribution in [1.29, 1.82) is 0 Å². The molecule has 0 fully saturated rings. The van der Waals surface area contributed by atoms with E-state index < -0.39 is 0 Å². The number of thiocarbonyl (C=S) groups is 2. The molecule has 0 aliphatic carbocycles. The second-order valence-electron chi connectivity index (χ2n) is 4.22. The topological polar surface area (TPSA) is 35.6 Å². The van der Waals surface area contributed by atoms with E-state index in [1.165, 1.54) is 9.36 Å². The first-order valence-electron chi connectivity index (χ1n) is 5.70. The van der Waals surface area contributed by atoms with Gasteiger partial charge in [0.15, 0.2) is 0 Å². The summed E-state index contributed by atoms with van der Waals surface area (Å²) in [6.45, 7) is 7.82. The number of nitrogens with zero attached hydrogens (tertiary/aromatic N) is 4. The van der Waals surface area contributed by atoms with Crippen molar-refractivity contribution >= 4 is 58.3 Å². The molecule has 0 spiro atoms. The Morgan fingerprint density at radius 2 is 1.14 bits per heavy atom. The van der Waals surface area contributed by atoms with Crippen LogP contribution in [0.25, 0.3) is 0 Å². The quantitative estimate of drug-likeness (QED) is 0.379. The zero-order valence-electron chi connectivity index (χ0n) is 12.3. The maximum atomic E-state index is 4.75. The van der Waals surface area contributed by atoms with E-state index >= 15 is 0 Å². The first kappa shape index (κ1) is 20.7. The van der Waals surface area contributed by atoms with Gasteiger partial charge >= 0.3 is 19.5 Å². The monoisotopic (exact) mass is 406 g/mol. The summed E-state index contributed by atoms with van der Waals surface area (Å²) in [6.07, 6.45) is 3.68. The number of aromatic nitrogens is 4. The zero-order valence-corrected chi connectivity index (χ0v) is 18.5. The molecule has 0 aliphatic heterocycles. The van der Waals surface area contributed by atoms with Crippen LogP contribution in [0.4, 0.5) is 0 Å². The van der Waals surface area contributed by atoms with E-state index in [4.69, 9.17) is 49.7 Å². The van der Waals surface area contributed by atoms with Crippen LogP contribution in [0.1, 0.15) is 22.5 Å². The summed E-state index contributed by atoms with van der Waals surface area (Å²) in [4.78, 5) is 0. The zero-order chi connectivity index (χ0) is 15.4. The smallest absolute Gasteiger partial charge is 0.409 e. The summed E-state index contributed by atoms with van der Waals surface area (Å²) in [6, 6.07) is 0. The van der Waals surface area contributed by atoms with Crippen molar-refractivity contribution in [3.8, 4) is 0 Å². The first-order valence-corrected chi connectivity index (χ1v) is 7.34.